The van der Waals surface area contributed by atoms with Gasteiger partial charge in [-0.15, -0.1) is 23.1 Å². The van der Waals surface area contributed by atoms with Gasteiger partial charge < -0.3 is 10.1 Å². The summed E-state index contributed by atoms with van der Waals surface area (Å²) in [6, 6.07) is 10.7. The van der Waals surface area contributed by atoms with Gasteiger partial charge in [-0.25, -0.2) is 4.79 Å². The minimum atomic E-state index is -0.967. The summed E-state index contributed by atoms with van der Waals surface area (Å²) in [5.41, 5.74) is 0.808. The standard InChI is InChI=1S/C16H14N2O3S2/c1-10(14(19)18-15-11(9-17)7-8-23-15)21-16(20)12-5-3-4-6-13(12)22-2/h3-8,10H,1-2H3,(H,18,19)/t10-/m1/s1. The zero-order valence-electron chi connectivity index (χ0n) is 12.5. The lowest BCUT2D eigenvalue weighted by molar-refractivity contribution is -0.123. The van der Waals surface area contributed by atoms with Crippen molar-refractivity contribution in [1.29, 1.82) is 5.26 Å². The van der Waals surface area contributed by atoms with Gasteiger partial charge in [0.05, 0.1) is 11.1 Å². The van der Waals surface area contributed by atoms with E-state index in [1.807, 2.05) is 24.5 Å². The highest BCUT2D eigenvalue weighted by molar-refractivity contribution is 7.98. The summed E-state index contributed by atoms with van der Waals surface area (Å²) < 4.78 is 5.22. The predicted molar refractivity (Wildman–Crippen MR) is 90.8 cm³/mol. The maximum Gasteiger partial charge on any atom is 0.340 e. The van der Waals surface area contributed by atoms with Crippen LogP contribution in [0.4, 0.5) is 5.00 Å². The largest absolute Gasteiger partial charge is 0.449 e. The van der Waals surface area contributed by atoms with Crippen molar-refractivity contribution in [3.05, 3.63) is 46.8 Å². The van der Waals surface area contributed by atoms with Crippen LogP contribution in [0.15, 0.2) is 40.6 Å². The van der Waals surface area contributed by atoms with Crippen LogP contribution in [0.25, 0.3) is 0 Å². The number of hydrogen-bond donors (Lipinski definition) is 1. The molecule has 1 amide bonds. The Bertz CT molecular complexity index is 765. The van der Waals surface area contributed by atoms with Crippen molar-refractivity contribution in [3.8, 4) is 6.07 Å². The zero-order chi connectivity index (χ0) is 16.8. The molecular formula is C16H14N2O3S2. The fraction of sp³-hybridized carbons (Fsp3) is 0.188. The van der Waals surface area contributed by atoms with Crippen LogP contribution in [-0.4, -0.2) is 24.2 Å². The molecule has 0 radical (unpaired) electrons. The van der Waals surface area contributed by atoms with Gasteiger partial charge in [-0.1, -0.05) is 12.1 Å². The van der Waals surface area contributed by atoms with Crippen molar-refractivity contribution in [2.24, 2.45) is 0 Å². The van der Waals surface area contributed by atoms with Gasteiger partial charge in [0.2, 0.25) is 0 Å². The molecule has 0 aliphatic heterocycles. The Kier molecular flexibility index (Phi) is 5.79. The number of anilines is 1. The van der Waals surface area contributed by atoms with Crippen molar-refractivity contribution in [2.75, 3.05) is 11.6 Å². The Balaban J connectivity index is 2.03. The first kappa shape index (κ1) is 17.1. The topological polar surface area (TPSA) is 79.2 Å². The van der Waals surface area contributed by atoms with Gasteiger partial charge in [0, 0.05) is 4.90 Å². The van der Waals surface area contributed by atoms with Gasteiger partial charge in [-0.3, -0.25) is 4.79 Å². The maximum atomic E-state index is 12.2. The molecule has 1 atom stereocenters. The molecular weight excluding hydrogens is 332 g/mol. The second kappa shape index (κ2) is 7.81. The maximum absolute atomic E-state index is 12.2. The van der Waals surface area contributed by atoms with Crippen LogP contribution in [0.1, 0.15) is 22.8 Å². The Hall–Kier alpha value is -2.30. The number of esters is 1. The summed E-state index contributed by atoms with van der Waals surface area (Å²) in [6.45, 7) is 1.49. The predicted octanol–water partition coefficient (Wildman–Crippen LogP) is 3.53. The van der Waals surface area contributed by atoms with E-state index in [1.165, 1.54) is 30.0 Å². The average Bonchev–Trinajstić information content (AvgIpc) is 3.01. The first-order valence-corrected chi connectivity index (χ1v) is 8.79. The summed E-state index contributed by atoms with van der Waals surface area (Å²) in [7, 11) is 0. The van der Waals surface area contributed by atoms with Gasteiger partial charge >= 0.3 is 5.97 Å². The van der Waals surface area contributed by atoms with E-state index in [0.717, 1.165) is 4.90 Å². The minimum Gasteiger partial charge on any atom is -0.449 e. The second-order valence-electron chi connectivity index (χ2n) is 4.51. The van der Waals surface area contributed by atoms with E-state index in [1.54, 1.807) is 23.6 Å². The highest BCUT2D eigenvalue weighted by atomic mass is 32.2. The summed E-state index contributed by atoms with van der Waals surface area (Å²) in [5.74, 6) is -1.02. The molecule has 0 fully saturated rings. The minimum absolute atomic E-state index is 0.384. The number of thioether (sulfide) groups is 1. The van der Waals surface area contributed by atoms with Crippen LogP contribution in [0, 0.1) is 11.3 Å². The SMILES string of the molecule is CSc1ccccc1C(=O)O[C@H](C)C(=O)Nc1sccc1C#N. The molecule has 1 aromatic carbocycles. The number of nitrogens with one attached hydrogen (secondary N) is 1. The lowest BCUT2D eigenvalue weighted by Crippen LogP contribution is -2.30. The molecule has 0 spiro atoms. The first-order valence-electron chi connectivity index (χ1n) is 6.69. The summed E-state index contributed by atoms with van der Waals surface area (Å²) >= 11 is 2.68. The summed E-state index contributed by atoms with van der Waals surface area (Å²) in [4.78, 5) is 25.1. The summed E-state index contributed by atoms with van der Waals surface area (Å²) in [5, 5.41) is 13.7. The molecule has 7 heteroatoms. The normalized spacial score (nSPS) is 11.3. The molecule has 2 rings (SSSR count). The van der Waals surface area contributed by atoms with Gasteiger partial charge in [0.25, 0.3) is 5.91 Å². The third kappa shape index (κ3) is 4.12. The quantitative estimate of drug-likeness (QED) is 0.662. The number of carbonyl (C=O) groups excluding carboxylic acids is 2. The highest BCUT2D eigenvalue weighted by Gasteiger charge is 2.21. The highest BCUT2D eigenvalue weighted by Crippen LogP contribution is 2.23. The van der Waals surface area contributed by atoms with E-state index < -0.39 is 18.0 Å². The van der Waals surface area contributed by atoms with E-state index in [-0.39, 0.29) is 0 Å². The fourth-order valence-electron chi connectivity index (χ4n) is 1.80. The second-order valence-corrected chi connectivity index (χ2v) is 6.28. The lowest BCUT2D eigenvalue weighted by atomic mass is 10.2. The first-order chi connectivity index (χ1) is 11.1. The summed E-state index contributed by atoms with van der Waals surface area (Å²) in [6.07, 6.45) is 0.897. The molecule has 0 aliphatic rings. The van der Waals surface area contributed by atoms with Crippen LogP contribution in [0.2, 0.25) is 0 Å². The van der Waals surface area contributed by atoms with Crippen molar-refractivity contribution in [3.63, 3.8) is 0 Å². The van der Waals surface area contributed by atoms with Gasteiger partial charge in [0.1, 0.15) is 11.1 Å². The van der Waals surface area contributed by atoms with Crippen LogP contribution in [0.3, 0.4) is 0 Å². The Morgan fingerprint density at radius 2 is 2.09 bits per heavy atom. The number of benzene rings is 1. The molecule has 1 aromatic heterocycles. The van der Waals surface area contributed by atoms with Crippen molar-refractivity contribution in [2.45, 2.75) is 17.9 Å². The van der Waals surface area contributed by atoms with E-state index in [4.69, 9.17) is 10.00 Å². The molecule has 5 nitrogen and oxygen atoms in total. The van der Waals surface area contributed by atoms with Crippen molar-refractivity contribution in [1.82, 2.24) is 0 Å². The van der Waals surface area contributed by atoms with E-state index in [9.17, 15) is 9.59 Å². The Morgan fingerprint density at radius 3 is 2.78 bits per heavy atom. The number of thiophene rings is 1. The molecule has 0 saturated heterocycles. The van der Waals surface area contributed by atoms with Crippen LogP contribution >= 0.6 is 23.1 Å². The zero-order valence-corrected chi connectivity index (χ0v) is 14.2. The monoisotopic (exact) mass is 346 g/mol. The third-order valence-electron chi connectivity index (χ3n) is 3.00. The molecule has 23 heavy (non-hydrogen) atoms. The number of ether oxygens (including phenoxy) is 1. The van der Waals surface area contributed by atoms with Crippen molar-refractivity contribution >= 4 is 40.0 Å². The van der Waals surface area contributed by atoms with E-state index >= 15 is 0 Å². The Labute approximate surface area is 142 Å². The number of hydrogen-bond acceptors (Lipinski definition) is 6. The number of rotatable bonds is 5. The average molecular weight is 346 g/mol. The molecule has 1 N–H and O–H groups in total. The number of nitrogens with zero attached hydrogens (tertiary/aromatic N) is 1. The molecule has 2 aromatic rings. The van der Waals surface area contributed by atoms with E-state index in [2.05, 4.69) is 5.32 Å². The molecule has 0 unspecified atom stereocenters. The van der Waals surface area contributed by atoms with Crippen LogP contribution in [0.5, 0.6) is 0 Å². The van der Waals surface area contributed by atoms with Gasteiger partial charge in [-0.05, 0) is 36.8 Å². The van der Waals surface area contributed by atoms with Gasteiger partial charge in [-0.2, -0.15) is 5.26 Å². The smallest absolute Gasteiger partial charge is 0.340 e. The molecule has 1 heterocycles. The molecule has 0 saturated carbocycles. The number of nitriles is 1. The van der Waals surface area contributed by atoms with E-state index in [0.29, 0.717) is 16.1 Å². The number of amides is 1. The van der Waals surface area contributed by atoms with Crippen LogP contribution < -0.4 is 5.32 Å². The molecule has 0 aliphatic carbocycles. The third-order valence-corrected chi connectivity index (χ3v) is 4.63. The molecule has 0 bridgehead atoms. The van der Waals surface area contributed by atoms with Crippen LogP contribution in [-0.2, 0) is 9.53 Å². The number of carbonyl (C=O) groups is 2. The van der Waals surface area contributed by atoms with Gasteiger partial charge in [0.15, 0.2) is 6.10 Å². The van der Waals surface area contributed by atoms with Crippen molar-refractivity contribution < 1.29 is 14.3 Å². The lowest BCUT2D eigenvalue weighted by Gasteiger charge is -2.14. The molecule has 118 valence electrons. The Morgan fingerprint density at radius 1 is 1.35 bits per heavy atom. The fourth-order valence-corrected chi connectivity index (χ4v) is 3.12.